The van der Waals surface area contributed by atoms with Gasteiger partial charge < -0.3 is 5.32 Å². The highest BCUT2D eigenvalue weighted by Gasteiger charge is 2.20. The summed E-state index contributed by atoms with van der Waals surface area (Å²) in [6.07, 6.45) is 8.65. The molecule has 0 saturated heterocycles. The van der Waals surface area contributed by atoms with Gasteiger partial charge in [-0.05, 0) is 37.6 Å². The van der Waals surface area contributed by atoms with Crippen molar-refractivity contribution in [3.8, 4) is 0 Å². The van der Waals surface area contributed by atoms with Gasteiger partial charge in [0.1, 0.15) is 0 Å². The standard InChI is InChI=1S/C7H15N.C7H14.ClH/c1-6-4-3-5-7(6)8-2;1-6-4-3-5-7(6)2;/h6-8H,3-5H2,1-2H3;6-7H,3-5H2,1-2H3;1H/t2*6-,7+;/m0../s1. The van der Waals surface area contributed by atoms with E-state index in [2.05, 4.69) is 33.1 Å². The predicted molar refractivity (Wildman–Crippen MR) is 75.3 cm³/mol. The largest absolute Gasteiger partial charge is 0.317 e. The summed E-state index contributed by atoms with van der Waals surface area (Å²) >= 11 is 0. The second kappa shape index (κ2) is 8.36. The van der Waals surface area contributed by atoms with Crippen LogP contribution >= 0.6 is 12.4 Å². The van der Waals surface area contributed by atoms with Crippen LogP contribution in [0.2, 0.25) is 0 Å². The molecule has 1 N–H and O–H groups in total. The predicted octanol–water partition coefficient (Wildman–Crippen LogP) is 4.26. The van der Waals surface area contributed by atoms with E-state index in [9.17, 15) is 0 Å². The first-order valence-electron chi connectivity index (χ1n) is 6.82. The van der Waals surface area contributed by atoms with Crippen molar-refractivity contribution in [3.63, 3.8) is 0 Å². The van der Waals surface area contributed by atoms with Crippen LogP contribution in [-0.2, 0) is 0 Å². The Balaban J connectivity index is 0.000000267. The Morgan fingerprint density at radius 3 is 1.38 bits per heavy atom. The van der Waals surface area contributed by atoms with Crippen molar-refractivity contribution < 1.29 is 0 Å². The molecule has 0 spiro atoms. The lowest BCUT2D eigenvalue weighted by Gasteiger charge is -2.12. The van der Waals surface area contributed by atoms with E-state index in [1.807, 2.05) is 0 Å². The van der Waals surface area contributed by atoms with Gasteiger partial charge in [0.2, 0.25) is 0 Å². The Bertz CT molecular complexity index is 164. The van der Waals surface area contributed by atoms with Crippen molar-refractivity contribution in [2.75, 3.05) is 7.05 Å². The smallest absolute Gasteiger partial charge is 0.00896 e. The maximum absolute atomic E-state index is 3.31. The fourth-order valence-electron chi connectivity index (χ4n) is 2.91. The van der Waals surface area contributed by atoms with Crippen LogP contribution in [0.3, 0.4) is 0 Å². The Kier molecular flexibility index (Phi) is 8.49. The average Bonchev–Trinajstić information content (AvgIpc) is 2.78. The van der Waals surface area contributed by atoms with Crippen LogP contribution in [0, 0.1) is 17.8 Å². The topological polar surface area (TPSA) is 12.0 Å². The first kappa shape index (κ1) is 16.2. The van der Waals surface area contributed by atoms with Crippen LogP contribution in [0.25, 0.3) is 0 Å². The molecule has 2 heteroatoms. The summed E-state index contributed by atoms with van der Waals surface area (Å²) in [7, 11) is 2.06. The third-order valence-corrected chi connectivity index (χ3v) is 4.52. The molecule has 0 aromatic carbocycles. The molecule has 2 fully saturated rings. The molecule has 1 nitrogen and oxygen atoms in total. The fraction of sp³-hybridized carbons (Fsp3) is 1.00. The number of nitrogens with one attached hydrogen (secondary N) is 1. The van der Waals surface area contributed by atoms with Crippen LogP contribution in [-0.4, -0.2) is 13.1 Å². The van der Waals surface area contributed by atoms with Gasteiger partial charge in [0.15, 0.2) is 0 Å². The normalized spacial score (nSPS) is 37.5. The summed E-state index contributed by atoms with van der Waals surface area (Å²) in [5.41, 5.74) is 0. The highest BCUT2D eigenvalue weighted by molar-refractivity contribution is 5.85. The van der Waals surface area contributed by atoms with Gasteiger partial charge in [-0.1, -0.05) is 46.5 Å². The van der Waals surface area contributed by atoms with E-state index in [1.165, 1.54) is 38.5 Å². The molecule has 2 rings (SSSR count). The Hall–Kier alpha value is 0.250. The molecule has 2 aliphatic carbocycles. The minimum Gasteiger partial charge on any atom is -0.317 e. The fourth-order valence-corrected chi connectivity index (χ4v) is 2.91. The molecule has 4 atom stereocenters. The SMILES string of the molecule is CN[C@@H]1CCC[C@@H]1C.C[C@@H]1CCC[C@@H]1C.Cl. The van der Waals surface area contributed by atoms with E-state index in [0.717, 1.165) is 23.8 Å². The quantitative estimate of drug-likeness (QED) is 0.730. The molecule has 98 valence electrons. The van der Waals surface area contributed by atoms with E-state index < -0.39 is 0 Å². The molecule has 0 radical (unpaired) electrons. The molecule has 0 aliphatic heterocycles. The second-order valence-corrected chi connectivity index (χ2v) is 5.69. The third-order valence-electron chi connectivity index (χ3n) is 4.52. The van der Waals surface area contributed by atoms with Gasteiger partial charge in [0, 0.05) is 6.04 Å². The lowest BCUT2D eigenvalue weighted by molar-refractivity contribution is 0.457. The Labute approximate surface area is 108 Å². The van der Waals surface area contributed by atoms with Gasteiger partial charge in [-0.15, -0.1) is 12.4 Å². The molecule has 0 unspecified atom stereocenters. The maximum Gasteiger partial charge on any atom is 0.00896 e. The second-order valence-electron chi connectivity index (χ2n) is 5.69. The number of halogens is 1. The molecule has 0 bridgehead atoms. The minimum atomic E-state index is 0. The molecule has 2 saturated carbocycles. The number of hydrogen-bond donors (Lipinski definition) is 1. The Morgan fingerprint density at radius 2 is 1.19 bits per heavy atom. The monoisotopic (exact) mass is 247 g/mol. The molecule has 0 heterocycles. The minimum absolute atomic E-state index is 0. The van der Waals surface area contributed by atoms with Crippen LogP contribution < -0.4 is 5.32 Å². The highest BCUT2D eigenvalue weighted by Crippen LogP contribution is 2.29. The van der Waals surface area contributed by atoms with Crippen molar-refractivity contribution in [3.05, 3.63) is 0 Å². The van der Waals surface area contributed by atoms with E-state index in [-0.39, 0.29) is 12.4 Å². The first-order chi connectivity index (χ1) is 7.15. The van der Waals surface area contributed by atoms with Crippen molar-refractivity contribution >= 4 is 12.4 Å². The zero-order valence-electron chi connectivity index (χ0n) is 11.5. The summed E-state index contributed by atoms with van der Waals surface area (Å²) in [6.45, 7) is 7.05. The van der Waals surface area contributed by atoms with E-state index in [1.54, 1.807) is 0 Å². The van der Waals surface area contributed by atoms with E-state index >= 15 is 0 Å². The van der Waals surface area contributed by atoms with Crippen molar-refractivity contribution in [1.29, 1.82) is 0 Å². The van der Waals surface area contributed by atoms with Crippen LogP contribution in [0.15, 0.2) is 0 Å². The maximum atomic E-state index is 3.31. The summed E-state index contributed by atoms with van der Waals surface area (Å²) in [5.74, 6) is 2.94. The van der Waals surface area contributed by atoms with Crippen LogP contribution in [0.5, 0.6) is 0 Å². The molecular weight excluding hydrogens is 218 g/mol. The summed E-state index contributed by atoms with van der Waals surface area (Å²) in [4.78, 5) is 0. The molecule has 0 aromatic heterocycles. The third kappa shape index (κ3) is 5.05. The van der Waals surface area contributed by atoms with Crippen LogP contribution in [0.1, 0.15) is 59.3 Å². The average molecular weight is 248 g/mol. The summed E-state index contributed by atoms with van der Waals surface area (Å²) < 4.78 is 0. The highest BCUT2D eigenvalue weighted by atomic mass is 35.5. The number of hydrogen-bond acceptors (Lipinski definition) is 1. The molecular formula is C14H30ClN. The summed E-state index contributed by atoms with van der Waals surface area (Å²) in [6, 6.07) is 0.815. The van der Waals surface area contributed by atoms with Gasteiger partial charge in [-0.3, -0.25) is 0 Å². The zero-order valence-corrected chi connectivity index (χ0v) is 12.3. The molecule has 16 heavy (non-hydrogen) atoms. The van der Waals surface area contributed by atoms with Crippen molar-refractivity contribution in [2.45, 2.75) is 65.3 Å². The molecule has 2 aliphatic rings. The Morgan fingerprint density at radius 1 is 0.750 bits per heavy atom. The van der Waals surface area contributed by atoms with Gasteiger partial charge in [0.25, 0.3) is 0 Å². The van der Waals surface area contributed by atoms with E-state index in [0.29, 0.717) is 0 Å². The van der Waals surface area contributed by atoms with Gasteiger partial charge in [-0.2, -0.15) is 0 Å². The van der Waals surface area contributed by atoms with Gasteiger partial charge in [-0.25, -0.2) is 0 Å². The lowest BCUT2D eigenvalue weighted by Crippen LogP contribution is -2.26. The molecule has 0 aromatic rings. The first-order valence-corrected chi connectivity index (χ1v) is 6.82. The summed E-state index contributed by atoms with van der Waals surface area (Å²) in [5, 5.41) is 3.31. The van der Waals surface area contributed by atoms with Crippen LogP contribution in [0.4, 0.5) is 0 Å². The van der Waals surface area contributed by atoms with Crippen molar-refractivity contribution in [2.24, 2.45) is 17.8 Å². The van der Waals surface area contributed by atoms with Gasteiger partial charge >= 0.3 is 0 Å². The number of rotatable bonds is 1. The van der Waals surface area contributed by atoms with Crippen molar-refractivity contribution in [1.82, 2.24) is 5.32 Å². The lowest BCUT2D eigenvalue weighted by atomic mass is 10.0. The van der Waals surface area contributed by atoms with E-state index in [4.69, 9.17) is 0 Å². The molecule has 0 amide bonds. The zero-order chi connectivity index (χ0) is 11.3. The van der Waals surface area contributed by atoms with Gasteiger partial charge in [0.05, 0.1) is 0 Å².